The molecule has 0 atom stereocenters. The Labute approximate surface area is 113 Å². The number of aryl methyl sites for hydroxylation is 1. The SMILES string of the molecule is Cn1cc(CN2CCOCC2)c2cc(CN)ccc21. The van der Waals surface area contributed by atoms with Crippen LogP contribution in [0.25, 0.3) is 10.9 Å². The highest BCUT2D eigenvalue weighted by Crippen LogP contribution is 2.23. The van der Waals surface area contributed by atoms with Gasteiger partial charge >= 0.3 is 0 Å². The van der Waals surface area contributed by atoms with Gasteiger partial charge in [0.1, 0.15) is 0 Å². The highest BCUT2D eigenvalue weighted by atomic mass is 16.5. The Kier molecular flexibility index (Phi) is 3.55. The van der Waals surface area contributed by atoms with Crippen LogP contribution in [0.2, 0.25) is 0 Å². The van der Waals surface area contributed by atoms with Crippen molar-refractivity contribution in [3.8, 4) is 0 Å². The van der Waals surface area contributed by atoms with Gasteiger partial charge in [0.05, 0.1) is 13.2 Å². The van der Waals surface area contributed by atoms with Crippen LogP contribution in [0, 0.1) is 0 Å². The molecule has 2 N–H and O–H groups in total. The van der Waals surface area contributed by atoms with E-state index in [1.165, 1.54) is 22.0 Å². The van der Waals surface area contributed by atoms with Gasteiger partial charge in [0.25, 0.3) is 0 Å². The van der Waals surface area contributed by atoms with Gasteiger partial charge in [0.2, 0.25) is 0 Å². The number of ether oxygens (including phenoxy) is 1. The first-order valence-corrected chi connectivity index (χ1v) is 6.85. The van der Waals surface area contributed by atoms with Crippen LogP contribution in [0.15, 0.2) is 24.4 Å². The summed E-state index contributed by atoms with van der Waals surface area (Å²) in [5, 5.41) is 1.33. The molecular formula is C15H21N3O. The molecular weight excluding hydrogens is 238 g/mol. The van der Waals surface area contributed by atoms with E-state index in [9.17, 15) is 0 Å². The molecule has 0 aliphatic carbocycles. The summed E-state index contributed by atoms with van der Waals surface area (Å²) in [7, 11) is 2.10. The van der Waals surface area contributed by atoms with Gasteiger partial charge < -0.3 is 15.0 Å². The van der Waals surface area contributed by atoms with E-state index in [0.717, 1.165) is 32.8 Å². The lowest BCUT2D eigenvalue weighted by molar-refractivity contribution is 0.0343. The first-order valence-electron chi connectivity index (χ1n) is 6.85. The van der Waals surface area contributed by atoms with Gasteiger partial charge in [-0.25, -0.2) is 0 Å². The Morgan fingerprint density at radius 1 is 1.26 bits per heavy atom. The fourth-order valence-corrected chi connectivity index (χ4v) is 2.77. The first-order chi connectivity index (χ1) is 9.28. The van der Waals surface area contributed by atoms with E-state index in [-0.39, 0.29) is 0 Å². The van der Waals surface area contributed by atoms with Crippen LogP contribution >= 0.6 is 0 Å². The minimum atomic E-state index is 0.599. The van der Waals surface area contributed by atoms with Gasteiger partial charge in [-0.2, -0.15) is 0 Å². The van der Waals surface area contributed by atoms with E-state index < -0.39 is 0 Å². The summed E-state index contributed by atoms with van der Waals surface area (Å²) in [6.07, 6.45) is 2.24. The van der Waals surface area contributed by atoms with Crippen molar-refractivity contribution >= 4 is 10.9 Å². The molecule has 0 unspecified atom stereocenters. The number of fused-ring (bicyclic) bond motifs is 1. The Hall–Kier alpha value is -1.36. The molecule has 0 amide bonds. The Morgan fingerprint density at radius 3 is 2.79 bits per heavy atom. The number of morpholine rings is 1. The van der Waals surface area contributed by atoms with Crippen molar-refractivity contribution in [2.45, 2.75) is 13.1 Å². The minimum Gasteiger partial charge on any atom is -0.379 e. The molecule has 1 aliphatic rings. The molecule has 1 saturated heterocycles. The average Bonchev–Trinajstić information content (AvgIpc) is 2.76. The fraction of sp³-hybridized carbons (Fsp3) is 0.467. The standard InChI is InChI=1S/C15H21N3O/c1-17-10-13(11-18-4-6-19-7-5-18)14-8-12(9-16)2-3-15(14)17/h2-3,8,10H,4-7,9,11,16H2,1H3. The largest absolute Gasteiger partial charge is 0.379 e. The molecule has 102 valence electrons. The van der Waals surface area contributed by atoms with Gasteiger partial charge in [-0.1, -0.05) is 6.07 Å². The van der Waals surface area contributed by atoms with Crippen molar-refractivity contribution in [1.82, 2.24) is 9.47 Å². The van der Waals surface area contributed by atoms with Gasteiger partial charge in [0, 0.05) is 50.3 Å². The van der Waals surface area contributed by atoms with Crippen LogP contribution in [0.3, 0.4) is 0 Å². The van der Waals surface area contributed by atoms with Crippen molar-refractivity contribution in [2.75, 3.05) is 26.3 Å². The molecule has 1 aromatic carbocycles. The van der Waals surface area contributed by atoms with Crippen molar-refractivity contribution in [1.29, 1.82) is 0 Å². The average molecular weight is 259 g/mol. The molecule has 1 aliphatic heterocycles. The van der Waals surface area contributed by atoms with Gasteiger partial charge in [-0.15, -0.1) is 0 Å². The zero-order valence-corrected chi connectivity index (χ0v) is 11.4. The van der Waals surface area contributed by atoms with Crippen LogP contribution in [0.5, 0.6) is 0 Å². The number of benzene rings is 1. The molecule has 0 saturated carbocycles. The summed E-state index contributed by atoms with van der Waals surface area (Å²) in [6, 6.07) is 6.51. The lowest BCUT2D eigenvalue weighted by Crippen LogP contribution is -2.35. The van der Waals surface area contributed by atoms with Crippen LogP contribution in [0.1, 0.15) is 11.1 Å². The second kappa shape index (κ2) is 5.33. The molecule has 1 aromatic heterocycles. The number of nitrogens with zero attached hydrogens (tertiary/aromatic N) is 2. The predicted octanol–water partition coefficient (Wildman–Crippen LogP) is 1.47. The second-order valence-corrected chi connectivity index (χ2v) is 5.21. The summed E-state index contributed by atoms with van der Waals surface area (Å²) in [5.74, 6) is 0. The Morgan fingerprint density at radius 2 is 2.05 bits per heavy atom. The first kappa shape index (κ1) is 12.7. The van der Waals surface area contributed by atoms with Crippen molar-refractivity contribution in [2.24, 2.45) is 12.8 Å². The normalized spacial score (nSPS) is 17.2. The predicted molar refractivity (Wildman–Crippen MR) is 76.9 cm³/mol. The summed E-state index contributed by atoms with van der Waals surface area (Å²) >= 11 is 0. The number of nitrogens with two attached hydrogens (primary N) is 1. The Bertz CT molecular complexity index is 570. The van der Waals surface area contributed by atoms with E-state index in [2.05, 4.69) is 40.9 Å². The zero-order valence-electron chi connectivity index (χ0n) is 11.4. The molecule has 0 radical (unpaired) electrons. The maximum atomic E-state index is 5.75. The quantitative estimate of drug-likeness (QED) is 0.907. The van der Waals surface area contributed by atoms with Crippen LogP contribution in [-0.4, -0.2) is 35.8 Å². The van der Waals surface area contributed by atoms with E-state index in [1.807, 2.05) is 0 Å². The van der Waals surface area contributed by atoms with Crippen molar-refractivity contribution in [3.63, 3.8) is 0 Å². The third-order valence-corrected chi connectivity index (χ3v) is 3.87. The smallest absolute Gasteiger partial charge is 0.0594 e. The minimum absolute atomic E-state index is 0.599. The molecule has 4 heteroatoms. The maximum absolute atomic E-state index is 5.75. The summed E-state index contributed by atoms with van der Waals surface area (Å²) in [6.45, 7) is 5.33. The summed E-state index contributed by atoms with van der Waals surface area (Å²) in [5.41, 5.74) is 9.61. The third kappa shape index (κ3) is 2.52. The van der Waals surface area contributed by atoms with Gasteiger partial charge in [-0.05, 0) is 23.3 Å². The fourth-order valence-electron chi connectivity index (χ4n) is 2.77. The number of hydrogen-bond acceptors (Lipinski definition) is 3. The van der Waals surface area contributed by atoms with E-state index in [4.69, 9.17) is 10.5 Å². The topological polar surface area (TPSA) is 43.4 Å². The molecule has 2 aromatic rings. The highest BCUT2D eigenvalue weighted by molar-refractivity contribution is 5.84. The van der Waals surface area contributed by atoms with Crippen LogP contribution < -0.4 is 5.73 Å². The van der Waals surface area contributed by atoms with Crippen molar-refractivity contribution < 1.29 is 4.74 Å². The Balaban J connectivity index is 1.93. The maximum Gasteiger partial charge on any atom is 0.0594 e. The molecule has 1 fully saturated rings. The molecule has 3 rings (SSSR count). The third-order valence-electron chi connectivity index (χ3n) is 3.87. The second-order valence-electron chi connectivity index (χ2n) is 5.21. The summed E-state index contributed by atoms with van der Waals surface area (Å²) in [4.78, 5) is 2.45. The zero-order chi connectivity index (χ0) is 13.2. The molecule has 0 bridgehead atoms. The van der Waals surface area contributed by atoms with Gasteiger partial charge in [-0.3, -0.25) is 4.90 Å². The van der Waals surface area contributed by atoms with Crippen LogP contribution in [-0.2, 0) is 24.9 Å². The lowest BCUT2D eigenvalue weighted by Gasteiger charge is -2.26. The molecule has 0 spiro atoms. The van der Waals surface area contributed by atoms with E-state index in [0.29, 0.717) is 6.54 Å². The van der Waals surface area contributed by atoms with E-state index >= 15 is 0 Å². The van der Waals surface area contributed by atoms with Crippen molar-refractivity contribution in [3.05, 3.63) is 35.5 Å². The number of rotatable bonds is 3. The van der Waals surface area contributed by atoms with E-state index in [1.54, 1.807) is 0 Å². The lowest BCUT2D eigenvalue weighted by atomic mass is 10.1. The summed E-state index contributed by atoms with van der Waals surface area (Å²) < 4.78 is 7.60. The van der Waals surface area contributed by atoms with Gasteiger partial charge in [0.15, 0.2) is 0 Å². The number of aromatic nitrogens is 1. The molecule has 2 heterocycles. The molecule has 19 heavy (non-hydrogen) atoms. The monoisotopic (exact) mass is 259 g/mol. The van der Waals surface area contributed by atoms with Crippen LogP contribution in [0.4, 0.5) is 0 Å². The number of hydrogen-bond donors (Lipinski definition) is 1. The highest BCUT2D eigenvalue weighted by Gasteiger charge is 2.14. The molecule has 4 nitrogen and oxygen atoms in total.